The van der Waals surface area contributed by atoms with Crippen molar-refractivity contribution in [3.8, 4) is 0 Å². The second kappa shape index (κ2) is 7.31. The van der Waals surface area contributed by atoms with Crippen molar-refractivity contribution in [2.75, 3.05) is 30.8 Å². The Bertz CT molecular complexity index is 525. The smallest absolute Gasteiger partial charge is 0.263 e. The molecule has 0 aliphatic heterocycles. The van der Waals surface area contributed by atoms with Crippen LogP contribution in [0.5, 0.6) is 0 Å². The highest BCUT2D eigenvalue weighted by atomic mass is 32.1. The monoisotopic (exact) mass is 312 g/mol. The van der Waals surface area contributed by atoms with Crippen LogP contribution < -0.4 is 21.7 Å². The van der Waals surface area contributed by atoms with Gasteiger partial charge in [0.25, 0.3) is 11.8 Å². The molecule has 5 N–H and O–H groups in total. The first kappa shape index (κ1) is 17.3. The van der Waals surface area contributed by atoms with Crippen LogP contribution in [0.25, 0.3) is 0 Å². The average molecular weight is 312 g/mol. The predicted molar refractivity (Wildman–Crippen MR) is 88.0 cm³/mol. The molecule has 0 aliphatic rings. The SMILES string of the molecule is CCCNC(=O)c1sc(N(C)CC(C)C)c(C(N)=O)c1N. The van der Waals surface area contributed by atoms with Gasteiger partial charge in [0.15, 0.2) is 0 Å². The number of carbonyl (C=O) groups is 2. The molecule has 0 saturated heterocycles. The van der Waals surface area contributed by atoms with Gasteiger partial charge in [0, 0.05) is 20.1 Å². The molecule has 2 amide bonds. The number of hydrogen-bond acceptors (Lipinski definition) is 5. The van der Waals surface area contributed by atoms with E-state index >= 15 is 0 Å². The molecule has 7 heteroatoms. The fraction of sp³-hybridized carbons (Fsp3) is 0.571. The molecule has 0 bridgehead atoms. The fourth-order valence-corrected chi connectivity index (χ4v) is 3.17. The number of nitrogens with one attached hydrogen (secondary N) is 1. The van der Waals surface area contributed by atoms with Gasteiger partial charge in [-0.25, -0.2) is 0 Å². The third-order valence-electron chi connectivity index (χ3n) is 2.90. The number of nitrogens with two attached hydrogens (primary N) is 2. The summed E-state index contributed by atoms with van der Waals surface area (Å²) in [6.07, 6.45) is 0.833. The second-order valence-electron chi connectivity index (χ2n) is 5.42. The summed E-state index contributed by atoms with van der Waals surface area (Å²) < 4.78 is 0. The van der Waals surface area contributed by atoms with Crippen LogP contribution in [-0.2, 0) is 0 Å². The Kier molecular flexibility index (Phi) is 6.02. The van der Waals surface area contributed by atoms with Gasteiger partial charge in [0.05, 0.1) is 11.3 Å². The first-order chi connectivity index (χ1) is 9.79. The molecule has 0 spiro atoms. The maximum atomic E-state index is 12.1. The van der Waals surface area contributed by atoms with E-state index in [0.29, 0.717) is 22.3 Å². The number of nitrogen functional groups attached to an aromatic ring is 1. The molecule has 1 rings (SSSR count). The van der Waals surface area contributed by atoms with Gasteiger partial charge in [0.2, 0.25) is 0 Å². The van der Waals surface area contributed by atoms with Crippen LogP contribution in [0, 0.1) is 5.92 Å². The molecule has 0 atom stereocenters. The van der Waals surface area contributed by atoms with Crippen molar-refractivity contribution in [1.82, 2.24) is 5.32 Å². The van der Waals surface area contributed by atoms with Crippen molar-refractivity contribution in [2.24, 2.45) is 11.7 Å². The number of primary amides is 1. The standard InChI is InChI=1S/C14H24N4O2S/c1-5-6-17-13(20)11-10(15)9(12(16)19)14(21-11)18(4)7-8(2)3/h8H,5-7,15H2,1-4H3,(H2,16,19)(H,17,20). The van der Waals surface area contributed by atoms with E-state index in [1.54, 1.807) is 0 Å². The van der Waals surface area contributed by atoms with E-state index in [9.17, 15) is 9.59 Å². The molecule has 0 fully saturated rings. The zero-order valence-electron chi connectivity index (χ0n) is 13.0. The van der Waals surface area contributed by atoms with E-state index in [2.05, 4.69) is 19.2 Å². The molecule has 1 aromatic rings. The number of nitrogens with zero attached hydrogens (tertiary/aromatic N) is 1. The highest BCUT2D eigenvalue weighted by Gasteiger charge is 2.26. The molecular formula is C14H24N4O2S. The highest BCUT2D eigenvalue weighted by molar-refractivity contribution is 7.19. The number of anilines is 2. The van der Waals surface area contributed by atoms with Crippen molar-refractivity contribution in [3.63, 3.8) is 0 Å². The Morgan fingerprint density at radius 3 is 2.48 bits per heavy atom. The van der Waals surface area contributed by atoms with E-state index in [-0.39, 0.29) is 17.2 Å². The van der Waals surface area contributed by atoms with Crippen LogP contribution >= 0.6 is 11.3 Å². The van der Waals surface area contributed by atoms with Gasteiger partial charge in [-0.3, -0.25) is 9.59 Å². The van der Waals surface area contributed by atoms with Crippen molar-refractivity contribution in [3.05, 3.63) is 10.4 Å². The maximum Gasteiger partial charge on any atom is 0.263 e. The Morgan fingerprint density at radius 1 is 1.38 bits per heavy atom. The van der Waals surface area contributed by atoms with Gasteiger partial charge in [0.1, 0.15) is 9.88 Å². The Labute approximate surface area is 129 Å². The number of thiophene rings is 1. The number of rotatable bonds is 7. The highest BCUT2D eigenvalue weighted by Crippen LogP contribution is 2.37. The van der Waals surface area contributed by atoms with Crippen LogP contribution in [0.2, 0.25) is 0 Å². The number of carbonyl (C=O) groups excluding carboxylic acids is 2. The van der Waals surface area contributed by atoms with E-state index in [0.717, 1.165) is 13.0 Å². The lowest BCUT2D eigenvalue weighted by molar-refractivity contribution is 0.0958. The summed E-state index contributed by atoms with van der Waals surface area (Å²) in [5.74, 6) is -0.452. The normalized spacial score (nSPS) is 10.7. The van der Waals surface area contributed by atoms with Crippen molar-refractivity contribution < 1.29 is 9.59 Å². The van der Waals surface area contributed by atoms with Gasteiger partial charge in [-0.05, 0) is 12.3 Å². The Hall–Kier alpha value is -1.76. The maximum absolute atomic E-state index is 12.1. The minimum Gasteiger partial charge on any atom is -0.397 e. The third-order valence-corrected chi connectivity index (χ3v) is 4.22. The quantitative estimate of drug-likeness (QED) is 0.712. The lowest BCUT2D eigenvalue weighted by Crippen LogP contribution is -2.25. The molecule has 1 heterocycles. The van der Waals surface area contributed by atoms with Gasteiger partial charge >= 0.3 is 0 Å². The Balaban J connectivity index is 3.19. The summed E-state index contributed by atoms with van der Waals surface area (Å²) in [4.78, 5) is 26.0. The number of amides is 2. The molecular weight excluding hydrogens is 288 g/mol. The van der Waals surface area contributed by atoms with Gasteiger partial charge in [-0.15, -0.1) is 11.3 Å². The minimum absolute atomic E-state index is 0.173. The first-order valence-corrected chi connectivity index (χ1v) is 7.82. The molecule has 1 aromatic heterocycles. The third kappa shape index (κ3) is 4.10. The Morgan fingerprint density at radius 2 is 2.00 bits per heavy atom. The predicted octanol–water partition coefficient (Wildman–Crippen LogP) is 1.66. The van der Waals surface area contributed by atoms with E-state index in [1.807, 2.05) is 18.9 Å². The van der Waals surface area contributed by atoms with Gasteiger partial charge in [-0.2, -0.15) is 0 Å². The fourth-order valence-electron chi connectivity index (χ4n) is 2.06. The molecule has 0 aliphatic carbocycles. The summed E-state index contributed by atoms with van der Waals surface area (Å²) in [5.41, 5.74) is 11.8. The van der Waals surface area contributed by atoms with Crippen LogP contribution in [0.15, 0.2) is 0 Å². The van der Waals surface area contributed by atoms with Crippen LogP contribution in [-0.4, -0.2) is 32.0 Å². The summed E-state index contributed by atoms with van der Waals surface area (Å²) in [6, 6.07) is 0. The molecule has 21 heavy (non-hydrogen) atoms. The average Bonchev–Trinajstić information content (AvgIpc) is 2.73. The molecule has 6 nitrogen and oxygen atoms in total. The zero-order valence-corrected chi connectivity index (χ0v) is 13.8. The second-order valence-corrected chi connectivity index (χ2v) is 6.42. The van der Waals surface area contributed by atoms with Crippen molar-refractivity contribution >= 4 is 33.8 Å². The molecule has 0 unspecified atom stereocenters. The van der Waals surface area contributed by atoms with Gasteiger partial charge in [-0.1, -0.05) is 20.8 Å². The topological polar surface area (TPSA) is 101 Å². The molecule has 118 valence electrons. The van der Waals surface area contributed by atoms with E-state index < -0.39 is 5.91 Å². The number of hydrogen-bond donors (Lipinski definition) is 3. The van der Waals surface area contributed by atoms with Crippen molar-refractivity contribution in [2.45, 2.75) is 27.2 Å². The minimum atomic E-state index is -0.608. The molecule has 0 aromatic carbocycles. The zero-order chi connectivity index (χ0) is 16.2. The first-order valence-electron chi connectivity index (χ1n) is 7.00. The lowest BCUT2D eigenvalue weighted by Gasteiger charge is -2.20. The molecule has 0 saturated carbocycles. The van der Waals surface area contributed by atoms with Crippen LogP contribution in [0.3, 0.4) is 0 Å². The summed E-state index contributed by atoms with van der Waals surface area (Å²) in [6.45, 7) is 7.43. The van der Waals surface area contributed by atoms with Crippen LogP contribution in [0.1, 0.15) is 47.2 Å². The van der Waals surface area contributed by atoms with Crippen molar-refractivity contribution in [1.29, 1.82) is 0 Å². The molecule has 0 radical (unpaired) electrons. The van der Waals surface area contributed by atoms with Crippen LogP contribution in [0.4, 0.5) is 10.7 Å². The summed E-state index contributed by atoms with van der Waals surface area (Å²) in [5, 5.41) is 3.42. The van der Waals surface area contributed by atoms with E-state index in [4.69, 9.17) is 11.5 Å². The van der Waals surface area contributed by atoms with Gasteiger partial charge < -0.3 is 21.7 Å². The lowest BCUT2D eigenvalue weighted by atomic mass is 10.2. The van der Waals surface area contributed by atoms with E-state index in [1.165, 1.54) is 11.3 Å². The summed E-state index contributed by atoms with van der Waals surface area (Å²) in [7, 11) is 1.87. The largest absolute Gasteiger partial charge is 0.397 e. The summed E-state index contributed by atoms with van der Waals surface area (Å²) >= 11 is 1.21.